The van der Waals surface area contributed by atoms with Gasteiger partial charge in [-0.2, -0.15) is 0 Å². The summed E-state index contributed by atoms with van der Waals surface area (Å²) >= 11 is 6.00. The summed E-state index contributed by atoms with van der Waals surface area (Å²) in [6.45, 7) is 6.86. The molecule has 2 heterocycles. The second kappa shape index (κ2) is 7.84. The molecule has 0 amide bonds. The zero-order chi connectivity index (χ0) is 14.4. The van der Waals surface area contributed by atoms with Crippen LogP contribution in [0.15, 0.2) is 12.1 Å². The average Bonchev–Trinajstić information content (AvgIpc) is 2.98. The number of aromatic nitrogens is 1. The Bertz CT molecular complexity index is 416. The Balaban J connectivity index is 1.99. The lowest BCUT2D eigenvalue weighted by molar-refractivity contribution is 0.346. The van der Waals surface area contributed by atoms with Gasteiger partial charge in [0.25, 0.3) is 0 Å². The van der Waals surface area contributed by atoms with Crippen LogP contribution in [0.25, 0.3) is 0 Å². The van der Waals surface area contributed by atoms with Crippen molar-refractivity contribution in [3.63, 3.8) is 0 Å². The first-order valence-electron chi connectivity index (χ1n) is 7.72. The molecule has 20 heavy (non-hydrogen) atoms. The summed E-state index contributed by atoms with van der Waals surface area (Å²) < 4.78 is 0. The van der Waals surface area contributed by atoms with E-state index < -0.39 is 0 Å². The Morgan fingerprint density at radius 2 is 2.05 bits per heavy atom. The van der Waals surface area contributed by atoms with Crippen LogP contribution in [-0.4, -0.2) is 43.1 Å². The summed E-state index contributed by atoms with van der Waals surface area (Å²) in [5.41, 5.74) is 2.34. The SMILES string of the molecule is CCCc1cc(CCl)cc(N(C)CCN2CCCC2)n1. The van der Waals surface area contributed by atoms with Gasteiger partial charge in [0.05, 0.1) is 0 Å². The lowest BCUT2D eigenvalue weighted by Gasteiger charge is -2.23. The number of hydrogen-bond donors (Lipinski definition) is 0. The van der Waals surface area contributed by atoms with Gasteiger partial charge < -0.3 is 9.80 Å². The zero-order valence-corrected chi connectivity index (χ0v) is 13.5. The van der Waals surface area contributed by atoms with E-state index >= 15 is 0 Å². The molecule has 1 aliphatic heterocycles. The van der Waals surface area contributed by atoms with Crippen molar-refractivity contribution in [2.24, 2.45) is 0 Å². The maximum absolute atomic E-state index is 6.00. The number of halogens is 1. The fraction of sp³-hybridized carbons (Fsp3) is 0.688. The molecule has 0 saturated carbocycles. The minimum absolute atomic E-state index is 0.562. The van der Waals surface area contributed by atoms with Gasteiger partial charge in [-0.15, -0.1) is 11.6 Å². The number of likely N-dealkylation sites (N-methyl/N-ethyl adjacent to an activating group) is 1. The van der Waals surface area contributed by atoms with Crippen LogP contribution < -0.4 is 4.90 Å². The van der Waals surface area contributed by atoms with Gasteiger partial charge in [-0.25, -0.2) is 4.98 Å². The predicted octanol–water partition coefficient (Wildman–Crippen LogP) is 3.30. The maximum Gasteiger partial charge on any atom is 0.128 e. The molecule has 1 aromatic heterocycles. The van der Waals surface area contributed by atoms with E-state index in [9.17, 15) is 0 Å². The first kappa shape index (κ1) is 15.6. The van der Waals surface area contributed by atoms with Gasteiger partial charge in [0.15, 0.2) is 0 Å². The Labute approximate surface area is 127 Å². The minimum atomic E-state index is 0.562. The Kier molecular flexibility index (Phi) is 6.11. The summed E-state index contributed by atoms with van der Waals surface area (Å²) in [5.74, 6) is 1.62. The summed E-state index contributed by atoms with van der Waals surface area (Å²) in [5, 5.41) is 0. The molecule has 0 aromatic carbocycles. The lowest BCUT2D eigenvalue weighted by Crippen LogP contribution is -2.31. The lowest BCUT2D eigenvalue weighted by atomic mass is 10.2. The van der Waals surface area contributed by atoms with Gasteiger partial charge in [-0.05, 0) is 50.0 Å². The Morgan fingerprint density at radius 3 is 2.70 bits per heavy atom. The number of nitrogens with zero attached hydrogens (tertiary/aromatic N) is 3. The molecule has 1 aromatic rings. The molecule has 1 aliphatic rings. The molecule has 3 nitrogen and oxygen atoms in total. The number of likely N-dealkylation sites (tertiary alicyclic amines) is 1. The van der Waals surface area contributed by atoms with Crippen molar-refractivity contribution >= 4 is 17.4 Å². The van der Waals surface area contributed by atoms with Gasteiger partial charge in [0.2, 0.25) is 0 Å². The number of hydrogen-bond acceptors (Lipinski definition) is 3. The van der Waals surface area contributed by atoms with Crippen LogP contribution in [0.3, 0.4) is 0 Å². The smallest absolute Gasteiger partial charge is 0.128 e. The summed E-state index contributed by atoms with van der Waals surface area (Å²) in [6.07, 6.45) is 4.85. The molecule has 0 unspecified atom stereocenters. The molecular formula is C16H26ClN3. The van der Waals surface area contributed by atoms with E-state index in [2.05, 4.69) is 35.9 Å². The molecule has 0 atom stereocenters. The highest BCUT2D eigenvalue weighted by molar-refractivity contribution is 6.17. The highest BCUT2D eigenvalue weighted by Gasteiger charge is 2.13. The summed E-state index contributed by atoms with van der Waals surface area (Å²) in [4.78, 5) is 9.56. The molecule has 1 saturated heterocycles. The Hall–Kier alpha value is -0.800. The number of rotatable bonds is 7. The van der Waals surface area contributed by atoms with E-state index in [1.54, 1.807) is 0 Å². The second-order valence-electron chi connectivity index (χ2n) is 5.68. The summed E-state index contributed by atoms with van der Waals surface area (Å²) in [7, 11) is 2.13. The molecule has 0 N–H and O–H groups in total. The van der Waals surface area contributed by atoms with Gasteiger partial charge in [-0.1, -0.05) is 13.3 Å². The van der Waals surface area contributed by atoms with E-state index in [0.717, 1.165) is 37.4 Å². The fourth-order valence-electron chi connectivity index (χ4n) is 2.70. The van der Waals surface area contributed by atoms with Crippen molar-refractivity contribution in [3.8, 4) is 0 Å². The second-order valence-corrected chi connectivity index (χ2v) is 5.95. The van der Waals surface area contributed by atoms with Crippen molar-refractivity contribution in [1.29, 1.82) is 0 Å². The molecule has 0 spiro atoms. The van der Waals surface area contributed by atoms with Gasteiger partial charge in [-0.3, -0.25) is 0 Å². The first-order chi connectivity index (χ1) is 9.72. The van der Waals surface area contributed by atoms with E-state index in [0.29, 0.717) is 5.88 Å². The van der Waals surface area contributed by atoms with Gasteiger partial charge in [0, 0.05) is 31.7 Å². The number of aryl methyl sites for hydroxylation is 1. The first-order valence-corrected chi connectivity index (χ1v) is 8.25. The van der Waals surface area contributed by atoms with Crippen LogP contribution in [0.2, 0.25) is 0 Å². The average molecular weight is 296 g/mol. The van der Waals surface area contributed by atoms with Crippen molar-refractivity contribution < 1.29 is 0 Å². The highest BCUT2D eigenvalue weighted by atomic mass is 35.5. The molecule has 0 aliphatic carbocycles. The third-order valence-electron chi connectivity index (χ3n) is 3.93. The predicted molar refractivity (Wildman–Crippen MR) is 86.7 cm³/mol. The largest absolute Gasteiger partial charge is 0.358 e. The van der Waals surface area contributed by atoms with E-state index in [1.165, 1.54) is 31.5 Å². The van der Waals surface area contributed by atoms with Crippen molar-refractivity contribution in [1.82, 2.24) is 9.88 Å². The van der Waals surface area contributed by atoms with Crippen LogP contribution in [0.5, 0.6) is 0 Å². The highest BCUT2D eigenvalue weighted by Crippen LogP contribution is 2.17. The van der Waals surface area contributed by atoms with Gasteiger partial charge in [0.1, 0.15) is 5.82 Å². The van der Waals surface area contributed by atoms with Crippen LogP contribution >= 0.6 is 11.6 Å². The molecular weight excluding hydrogens is 270 g/mol. The number of alkyl halides is 1. The normalized spacial score (nSPS) is 15.8. The van der Waals surface area contributed by atoms with Crippen LogP contribution in [0.1, 0.15) is 37.4 Å². The third-order valence-corrected chi connectivity index (χ3v) is 4.24. The standard InChI is InChI=1S/C16H26ClN3/c1-3-6-15-11-14(13-17)12-16(18-15)19(2)9-10-20-7-4-5-8-20/h11-12H,3-10,13H2,1-2H3. The fourth-order valence-corrected chi connectivity index (χ4v) is 2.86. The minimum Gasteiger partial charge on any atom is -0.358 e. The summed E-state index contributed by atoms with van der Waals surface area (Å²) in [6, 6.07) is 4.25. The van der Waals surface area contributed by atoms with Crippen LogP contribution in [-0.2, 0) is 12.3 Å². The molecule has 0 bridgehead atoms. The van der Waals surface area contributed by atoms with E-state index in [1.807, 2.05) is 0 Å². The zero-order valence-electron chi connectivity index (χ0n) is 12.7. The monoisotopic (exact) mass is 295 g/mol. The third kappa shape index (κ3) is 4.35. The van der Waals surface area contributed by atoms with E-state index in [4.69, 9.17) is 16.6 Å². The molecule has 0 radical (unpaired) electrons. The maximum atomic E-state index is 6.00. The van der Waals surface area contributed by atoms with E-state index in [-0.39, 0.29) is 0 Å². The van der Waals surface area contributed by atoms with Crippen LogP contribution in [0.4, 0.5) is 5.82 Å². The Morgan fingerprint density at radius 1 is 1.30 bits per heavy atom. The quantitative estimate of drug-likeness (QED) is 0.720. The van der Waals surface area contributed by atoms with Crippen molar-refractivity contribution in [2.75, 3.05) is 38.1 Å². The molecule has 112 valence electrons. The van der Waals surface area contributed by atoms with Crippen molar-refractivity contribution in [2.45, 2.75) is 38.5 Å². The molecule has 1 fully saturated rings. The van der Waals surface area contributed by atoms with Crippen LogP contribution in [0, 0.1) is 0 Å². The van der Waals surface area contributed by atoms with Crippen molar-refractivity contribution in [3.05, 3.63) is 23.4 Å². The topological polar surface area (TPSA) is 19.4 Å². The number of anilines is 1. The van der Waals surface area contributed by atoms with Gasteiger partial charge >= 0.3 is 0 Å². The molecule has 2 rings (SSSR count). The number of pyridine rings is 1. The molecule has 4 heteroatoms.